The third kappa shape index (κ3) is 6.26. The molecule has 0 amide bonds. The van der Waals surface area contributed by atoms with Gasteiger partial charge in [-0.15, -0.1) is 6.58 Å². The van der Waals surface area contributed by atoms with Gasteiger partial charge >= 0.3 is 0 Å². The van der Waals surface area contributed by atoms with Crippen molar-refractivity contribution in [2.45, 2.75) is 71.3 Å². The molecule has 1 rings (SSSR count). The van der Waals surface area contributed by atoms with Crippen molar-refractivity contribution in [1.82, 2.24) is 5.32 Å². The van der Waals surface area contributed by atoms with Crippen molar-refractivity contribution in [2.75, 3.05) is 6.54 Å². The van der Waals surface area contributed by atoms with E-state index < -0.39 is 0 Å². The smallest absolute Gasteiger partial charge is 0.00966 e. The zero-order chi connectivity index (χ0) is 12.7. The molecule has 1 fully saturated rings. The van der Waals surface area contributed by atoms with Gasteiger partial charge in [0.05, 0.1) is 0 Å². The van der Waals surface area contributed by atoms with Crippen LogP contribution >= 0.6 is 0 Å². The van der Waals surface area contributed by atoms with Crippen LogP contribution in [0.5, 0.6) is 0 Å². The van der Waals surface area contributed by atoms with Crippen molar-refractivity contribution in [1.29, 1.82) is 0 Å². The summed E-state index contributed by atoms with van der Waals surface area (Å²) >= 11 is 0. The average molecular weight is 237 g/mol. The fourth-order valence-corrected chi connectivity index (χ4v) is 2.88. The summed E-state index contributed by atoms with van der Waals surface area (Å²) in [6, 6.07) is 0. The van der Waals surface area contributed by atoms with Crippen LogP contribution in [-0.2, 0) is 0 Å². The van der Waals surface area contributed by atoms with E-state index in [0.29, 0.717) is 0 Å². The van der Waals surface area contributed by atoms with Crippen molar-refractivity contribution in [2.24, 2.45) is 11.8 Å². The number of hydrogen-bond donors (Lipinski definition) is 1. The molecular weight excluding hydrogens is 206 g/mol. The molecule has 1 saturated carbocycles. The maximum absolute atomic E-state index is 3.86. The second-order valence-corrected chi connectivity index (χ2v) is 6.66. The lowest BCUT2D eigenvalue weighted by Gasteiger charge is -2.29. The third-order valence-corrected chi connectivity index (χ3v) is 3.95. The fraction of sp³-hybridized carbons (Fsp3) is 0.875. The van der Waals surface area contributed by atoms with Crippen molar-refractivity contribution in [3.05, 3.63) is 12.7 Å². The number of rotatable bonds is 5. The van der Waals surface area contributed by atoms with Crippen LogP contribution in [0.3, 0.4) is 0 Å². The lowest BCUT2D eigenvalue weighted by molar-refractivity contribution is 0.260. The molecule has 0 bridgehead atoms. The van der Waals surface area contributed by atoms with E-state index in [-0.39, 0.29) is 5.54 Å². The van der Waals surface area contributed by atoms with Crippen molar-refractivity contribution >= 4 is 0 Å². The molecule has 100 valence electrons. The summed E-state index contributed by atoms with van der Waals surface area (Å²) in [5, 5.41) is 3.70. The predicted molar refractivity (Wildman–Crippen MR) is 77.3 cm³/mol. The largest absolute Gasteiger partial charge is 0.312 e. The Morgan fingerprint density at radius 1 is 1.12 bits per heavy atom. The van der Waals surface area contributed by atoms with Crippen molar-refractivity contribution in [3.8, 4) is 0 Å². The van der Waals surface area contributed by atoms with Crippen LogP contribution in [0.25, 0.3) is 0 Å². The molecule has 0 saturated heterocycles. The van der Waals surface area contributed by atoms with Gasteiger partial charge in [-0.3, -0.25) is 0 Å². The molecule has 0 aromatic heterocycles. The van der Waals surface area contributed by atoms with Crippen LogP contribution in [0.15, 0.2) is 12.7 Å². The maximum atomic E-state index is 3.86. The van der Waals surface area contributed by atoms with E-state index in [0.717, 1.165) is 11.8 Å². The van der Waals surface area contributed by atoms with Gasteiger partial charge in [-0.2, -0.15) is 0 Å². The van der Waals surface area contributed by atoms with Gasteiger partial charge in [0.2, 0.25) is 0 Å². The Hall–Kier alpha value is -0.300. The first-order valence-corrected chi connectivity index (χ1v) is 7.39. The molecule has 0 spiro atoms. The zero-order valence-electron chi connectivity index (χ0n) is 12.1. The summed E-state index contributed by atoms with van der Waals surface area (Å²) in [5.74, 6) is 1.81. The van der Waals surface area contributed by atoms with Gasteiger partial charge in [0.1, 0.15) is 0 Å². The summed E-state index contributed by atoms with van der Waals surface area (Å²) in [6.07, 6.45) is 11.8. The highest BCUT2D eigenvalue weighted by Gasteiger charge is 2.24. The fourth-order valence-electron chi connectivity index (χ4n) is 2.88. The molecule has 17 heavy (non-hydrogen) atoms. The highest BCUT2D eigenvalue weighted by atomic mass is 14.9. The molecule has 1 N–H and O–H groups in total. The first-order valence-electron chi connectivity index (χ1n) is 7.39. The Morgan fingerprint density at radius 2 is 1.76 bits per heavy atom. The maximum Gasteiger partial charge on any atom is 0.00966 e. The van der Waals surface area contributed by atoms with E-state index in [1.54, 1.807) is 0 Å². The summed E-state index contributed by atoms with van der Waals surface area (Å²) in [6.45, 7) is 11.9. The Bertz CT molecular complexity index is 214. The molecular formula is C16H31N. The van der Waals surface area contributed by atoms with Crippen LogP contribution in [0, 0.1) is 11.8 Å². The topological polar surface area (TPSA) is 12.0 Å². The molecule has 1 aliphatic carbocycles. The molecule has 0 aromatic carbocycles. The summed E-state index contributed by atoms with van der Waals surface area (Å²) in [7, 11) is 0. The molecule has 1 heteroatoms. The van der Waals surface area contributed by atoms with Gasteiger partial charge in [0.25, 0.3) is 0 Å². The normalized spacial score (nSPS) is 26.5. The lowest BCUT2D eigenvalue weighted by Crippen LogP contribution is -2.40. The highest BCUT2D eigenvalue weighted by molar-refractivity contribution is 4.81. The Labute approximate surface area is 108 Å². The SMILES string of the molecule is C=CCCC1CCCCCC1CNC(C)(C)C. The molecule has 2 unspecified atom stereocenters. The van der Waals surface area contributed by atoms with E-state index in [9.17, 15) is 0 Å². The second-order valence-electron chi connectivity index (χ2n) is 6.66. The van der Waals surface area contributed by atoms with E-state index in [4.69, 9.17) is 0 Å². The van der Waals surface area contributed by atoms with Crippen LogP contribution in [0.4, 0.5) is 0 Å². The van der Waals surface area contributed by atoms with Gasteiger partial charge in [0, 0.05) is 5.54 Å². The van der Waals surface area contributed by atoms with E-state index in [2.05, 4.69) is 38.7 Å². The monoisotopic (exact) mass is 237 g/mol. The summed E-state index contributed by atoms with van der Waals surface area (Å²) < 4.78 is 0. The van der Waals surface area contributed by atoms with Gasteiger partial charge < -0.3 is 5.32 Å². The molecule has 0 heterocycles. The van der Waals surface area contributed by atoms with Crippen LogP contribution in [0.2, 0.25) is 0 Å². The first kappa shape index (κ1) is 14.8. The van der Waals surface area contributed by atoms with Crippen molar-refractivity contribution in [3.63, 3.8) is 0 Å². The number of nitrogens with one attached hydrogen (secondary N) is 1. The highest BCUT2D eigenvalue weighted by Crippen LogP contribution is 2.32. The Kier molecular flexibility index (Phi) is 6.26. The minimum absolute atomic E-state index is 0.259. The zero-order valence-corrected chi connectivity index (χ0v) is 12.1. The molecule has 1 nitrogen and oxygen atoms in total. The van der Waals surface area contributed by atoms with Gasteiger partial charge in [-0.05, 0) is 58.4 Å². The molecule has 2 atom stereocenters. The molecule has 0 aliphatic heterocycles. The van der Waals surface area contributed by atoms with Crippen molar-refractivity contribution < 1.29 is 0 Å². The van der Waals surface area contributed by atoms with Gasteiger partial charge in [0.15, 0.2) is 0 Å². The number of allylic oxidation sites excluding steroid dienone is 1. The standard InChI is InChI=1S/C16H31N/c1-5-6-10-14-11-8-7-9-12-15(14)13-17-16(2,3)4/h5,14-15,17H,1,6-13H2,2-4H3. The molecule has 0 aromatic rings. The van der Waals surface area contributed by atoms with Gasteiger partial charge in [-0.25, -0.2) is 0 Å². The second kappa shape index (κ2) is 7.20. The minimum atomic E-state index is 0.259. The van der Waals surface area contributed by atoms with Gasteiger partial charge in [-0.1, -0.05) is 31.8 Å². The van der Waals surface area contributed by atoms with Crippen LogP contribution < -0.4 is 5.32 Å². The lowest BCUT2D eigenvalue weighted by atomic mass is 9.84. The van der Waals surface area contributed by atoms with Crippen LogP contribution in [-0.4, -0.2) is 12.1 Å². The van der Waals surface area contributed by atoms with Crippen LogP contribution in [0.1, 0.15) is 65.7 Å². The van der Waals surface area contributed by atoms with E-state index >= 15 is 0 Å². The predicted octanol–water partition coefficient (Wildman–Crippen LogP) is 4.54. The molecule has 1 aliphatic rings. The average Bonchev–Trinajstić information content (AvgIpc) is 2.47. The Balaban J connectivity index is 2.46. The summed E-state index contributed by atoms with van der Waals surface area (Å²) in [5.41, 5.74) is 0.259. The number of hydrogen-bond acceptors (Lipinski definition) is 1. The van der Waals surface area contributed by atoms with E-state index in [1.807, 2.05) is 0 Å². The Morgan fingerprint density at radius 3 is 2.35 bits per heavy atom. The first-order chi connectivity index (χ1) is 8.03. The van der Waals surface area contributed by atoms with E-state index in [1.165, 1.54) is 51.5 Å². The summed E-state index contributed by atoms with van der Waals surface area (Å²) in [4.78, 5) is 0. The third-order valence-electron chi connectivity index (χ3n) is 3.95. The quantitative estimate of drug-likeness (QED) is 0.547. The minimum Gasteiger partial charge on any atom is -0.312 e. The molecule has 0 radical (unpaired) electrons.